The Morgan fingerprint density at radius 3 is 2.70 bits per heavy atom. The highest BCUT2D eigenvalue weighted by atomic mass is 19.4. The van der Waals surface area contributed by atoms with E-state index in [2.05, 4.69) is 4.98 Å². The van der Waals surface area contributed by atoms with Gasteiger partial charge in [0.2, 0.25) is 5.91 Å². The van der Waals surface area contributed by atoms with Crippen LogP contribution in [0.25, 0.3) is 0 Å². The molecule has 2 saturated heterocycles. The van der Waals surface area contributed by atoms with Crippen LogP contribution < -0.4 is 0 Å². The van der Waals surface area contributed by atoms with Crippen molar-refractivity contribution in [3.05, 3.63) is 29.6 Å². The van der Waals surface area contributed by atoms with Crippen LogP contribution in [-0.2, 0) is 22.3 Å². The summed E-state index contributed by atoms with van der Waals surface area (Å²) >= 11 is 0. The number of amides is 1. The second-order valence-electron chi connectivity index (χ2n) is 6.25. The van der Waals surface area contributed by atoms with Gasteiger partial charge in [-0.15, -0.1) is 0 Å². The van der Waals surface area contributed by atoms with Gasteiger partial charge in [-0.2, -0.15) is 13.2 Å². The summed E-state index contributed by atoms with van der Waals surface area (Å²) in [6.07, 6.45) is 0.702. The van der Waals surface area contributed by atoms with Crippen LogP contribution >= 0.6 is 0 Å². The average Bonchev–Trinajstić information content (AvgIpc) is 2.92. The molecule has 4 nitrogen and oxygen atoms in total. The van der Waals surface area contributed by atoms with Crippen LogP contribution in [0.1, 0.15) is 43.4 Å². The number of rotatable bonds is 2. The summed E-state index contributed by atoms with van der Waals surface area (Å²) in [6, 6.07) is 2.34. The molecule has 2 aliphatic rings. The Bertz CT molecular complexity index is 566. The molecule has 0 bridgehead atoms. The SMILES string of the molecule is O=C1CCC2(CCCO2)CCN1Cc1ccc(C(F)(F)F)nc1. The summed E-state index contributed by atoms with van der Waals surface area (Å²) in [6.45, 7) is 1.61. The van der Waals surface area contributed by atoms with Gasteiger partial charge < -0.3 is 9.64 Å². The second kappa shape index (κ2) is 6.11. The standard InChI is InChI=1S/C16H19F3N2O2/c17-16(18,19)13-3-2-12(10-20-13)11-21-8-7-15(5-1-9-23-15)6-4-14(21)22/h2-3,10H,1,4-9,11H2. The Balaban J connectivity index is 1.66. The maximum Gasteiger partial charge on any atom is 0.433 e. The van der Waals surface area contributed by atoms with E-state index in [-0.39, 0.29) is 11.5 Å². The Morgan fingerprint density at radius 2 is 2.09 bits per heavy atom. The van der Waals surface area contributed by atoms with Gasteiger partial charge in [0.25, 0.3) is 0 Å². The number of likely N-dealkylation sites (tertiary alicyclic amines) is 1. The van der Waals surface area contributed by atoms with Crippen molar-refractivity contribution in [2.75, 3.05) is 13.2 Å². The first-order chi connectivity index (χ1) is 10.9. The number of carbonyl (C=O) groups is 1. The van der Waals surface area contributed by atoms with E-state index >= 15 is 0 Å². The lowest BCUT2D eigenvalue weighted by Gasteiger charge is -2.26. The molecule has 0 aromatic carbocycles. The van der Waals surface area contributed by atoms with Gasteiger partial charge in [0.05, 0.1) is 5.60 Å². The minimum Gasteiger partial charge on any atom is -0.375 e. The van der Waals surface area contributed by atoms with Gasteiger partial charge >= 0.3 is 6.18 Å². The Labute approximate surface area is 132 Å². The smallest absolute Gasteiger partial charge is 0.375 e. The third kappa shape index (κ3) is 3.65. The first-order valence-electron chi connectivity index (χ1n) is 7.82. The summed E-state index contributed by atoms with van der Waals surface area (Å²) in [7, 11) is 0. The maximum absolute atomic E-state index is 12.5. The number of ether oxygens (including phenoxy) is 1. The van der Waals surface area contributed by atoms with Crippen LogP contribution in [0, 0.1) is 0 Å². The van der Waals surface area contributed by atoms with Gasteiger partial charge in [-0.3, -0.25) is 9.78 Å². The van der Waals surface area contributed by atoms with E-state index in [1.165, 1.54) is 12.3 Å². The topological polar surface area (TPSA) is 42.4 Å². The van der Waals surface area contributed by atoms with Crippen molar-refractivity contribution in [2.24, 2.45) is 0 Å². The van der Waals surface area contributed by atoms with Crippen LogP contribution in [0.15, 0.2) is 18.3 Å². The molecule has 1 aromatic rings. The van der Waals surface area contributed by atoms with Gasteiger partial charge in [0, 0.05) is 32.3 Å². The van der Waals surface area contributed by atoms with Crippen molar-refractivity contribution < 1.29 is 22.7 Å². The highest BCUT2D eigenvalue weighted by Gasteiger charge is 2.38. The predicted molar refractivity (Wildman–Crippen MR) is 76.4 cm³/mol. The lowest BCUT2D eigenvalue weighted by molar-refractivity contribution is -0.141. The lowest BCUT2D eigenvalue weighted by Crippen LogP contribution is -2.32. The number of pyridine rings is 1. The fourth-order valence-electron chi connectivity index (χ4n) is 3.30. The van der Waals surface area contributed by atoms with E-state index < -0.39 is 11.9 Å². The van der Waals surface area contributed by atoms with Gasteiger partial charge in [-0.05, 0) is 37.3 Å². The molecule has 2 fully saturated rings. The zero-order valence-electron chi connectivity index (χ0n) is 12.7. The molecular weight excluding hydrogens is 309 g/mol. The van der Waals surface area contributed by atoms with Crippen LogP contribution in [0.2, 0.25) is 0 Å². The number of alkyl halides is 3. The third-order valence-corrected chi connectivity index (χ3v) is 4.66. The maximum atomic E-state index is 12.5. The molecule has 3 rings (SSSR count). The number of hydrogen-bond acceptors (Lipinski definition) is 3. The third-order valence-electron chi connectivity index (χ3n) is 4.66. The molecule has 0 aliphatic carbocycles. The quantitative estimate of drug-likeness (QED) is 0.837. The molecular formula is C16H19F3N2O2. The summed E-state index contributed by atoms with van der Waals surface area (Å²) in [4.78, 5) is 17.4. The monoisotopic (exact) mass is 328 g/mol. The van der Waals surface area contributed by atoms with Crippen LogP contribution in [0.3, 0.4) is 0 Å². The fraction of sp³-hybridized carbons (Fsp3) is 0.625. The fourth-order valence-corrected chi connectivity index (χ4v) is 3.30. The summed E-state index contributed by atoms with van der Waals surface area (Å²) < 4.78 is 43.4. The van der Waals surface area contributed by atoms with E-state index in [9.17, 15) is 18.0 Å². The number of carbonyl (C=O) groups excluding carboxylic acids is 1. The first kappa shape index (κ1) is 16.2. The molecule has 1 aromatic heterocycles. The Hall–Kier alpha value is -1.63. The van der Waals surface area contributed by atoms with Crippen molar-refractivity contribution in [3.63, 3.8) is 0 Å². The second-order valence-corrected chi connectivity index (χ2v) is 6.25. The molecule has 0 N–H and O–H groups in total. The number of aromatic nitrogens is 1. The molecule has 0 saturated carbocycles. The minimum atomic E-state index is -4.44. The Morgan fingerprint density at radius 1 is 1.26 bits per heavy atom. The minimum absolute atomic E-state index is 0.0253. The van der Waals surface area contributed by atoms with Crippen LogP contribution in [0.5, 0.6) is 0 Å². The highest BCUT2D eigenvalue weighted by Crippen LogP contribution is 2.36. The van der Waals surface area contributed by atoms with E-state index in [0.717, 1.165) is 38.4 Å². The molecule has 126 valence electrons. The van der Waals surface area contributed by atoms with Gasteiger partial charge in [0.1, 0.15) is 5.69 Å². The summed E-state index contributed by atoms with van der Waals surface area (Å²) in [5, 5.41) is 0. The largest absolute Gasteiger partial charge is 0.433 e. The molecule has 0 radical (unpaired) electrons. The lowest BCUT2D eigenvalue weighted by atomic mass is 9.92. The van der Waals surface area contributed by atoms with Gasteiger partial charge in [0.15, 0.2) is 0 Å². The van der Waals surface area contributed by atoms with Gasteiger partial charge in [-0.1, -0.05) is 6.07 Å². The molecule has 1 spiro atoms. The van der Waals surface area contributed by atoms with Crippen molar-refractivity contribution in [1.82, 2.24) is 9.88 Å². The molecule has 7 heteroatoms. The van der Waals surface area contributed by atoms with E-state index in [0.29, 0.717) is 25.1 Å². The number of nitrogens with zero attached hydrogens (tertiary/aromatic N) is 2. The predicted octanol–water partition coefficient (Wildman–Crippen LogP) is 3.16. The van der Waals surface area contributed by atoms with Gasteiger partial charge in [-0.25, -0.2) is 0 Å². The number of halogens is 3. The van der Waals surface area contributed by atoms with Crippen molar-refractivity contribution in [3.8, 4) is 0 Å². The van der Waals surface area contributed by atoms with E-state index in [4.69, 9.17) is 4.74 Å². The molecule has 1 amide bonds. The van der Waals surface area contributed by atoms with Crippen LogP contribution in [-0.4, -0.2) is 34.5 Å². The normalized spacial score (nSPS) is 25.9. The molecule has 1 atom stereocenters. The highest BCUT2D eigenvalue weighted by molar-refractivity contribution is 5.76. The number of hydrogen-bond donors (Lipinski definition) is 0. The van der Waals surface area contributed by atoms with E-state index in [1.54, 1.807) is 4.90 Å². The molecule has 1 unspecified atom stereocenters. The van der Waals surface area contributed by atoms with Crippen molar-refractivity contribution >= 4 is 5.91 Å². The zero-order valence-corrected chi connectivity index (χ0v) is 12.7. The summed E-state index contributed by atoms with van der Waals surface area (Å²) in [5.41, 5.74) is -0.487. The first-order valence-corrected chi connectivity index (χ1v) is 7.82. The van der Waals surface area contributed by atoms with Crippen molar-refractivity contribution in [2.45, 2.75) is 50.4 Å². The van der Waals surface area contributed by atoms with Crippen molar-refractivity contribution in [1.29, 1.82) is 0 Å². The molecule has 2 aliphatic heterocycles. The zero-order chi connectivity index (χ0) is 16.5. The average molecular weight is 328 g/mol. The Kier molecular flexibility index (Phi) is 4.31. The molecule has 23 heavy (non-hydrogen) atoms. The van der Waals surface area contributed by atoms with E-state index in [1.807, 2.05) is 0 Å². The summed E-state index contributed by atoms with van der Waals surface area (Å²) in [5.74, 6) is 0.0253. The molecule has 3 heterocycles. The van der Waals surface area contributed by atoms with Crippen LogP contribution in [0.4, 0.5) is 13.2 Å².